The highest BCUT2D eigenvalue weighted by atomic mass is 32.2. The summed E-state index contributed by atoms with van der Waals surface area (Å²) in [6.45, 7) is 2.03. The first kappa shape index (κ1) is 9.87. The van der Waals surface area contributed by atoms with Crippen molar-refractivity contribution in [3.05, 3.63) is 0 Å². The van der Waals surface area contributed by atoms with E-state index >= 15 is 0 Å². The van der Waals surface area contributed by atoms with Gasteiger partial charge in [-0.15, -0.1) is 0 Å². The van der Waals surface area contributed by atoms with Gasteiger partial charge in [0.2, 0.25) is 0 Å². The summed E-state index contributed by atoms with van der Waals surface area (Å²) in [5.41, 5.74) is 0. The summed E-state index contributed by atoms with van der Waals surface area (Å²) in [5, 5.41) is 2.85. The highest BCUT2D eigenvalue weighted by Crippen LogP contribution is 1.88. The SMILES string of the molecule is CNC(C)COS(C)(=O)=O. The summed E-state index contributed by atoms with van der Waals surface area (Å²) >= 11 is 0. The van der Waals surface area contributed by atoms with Gasteiger partial charge in [-0.05, 0) is 14.0 Å². The second-order valence-electron chi connectivity index (χ2n) is 2.18. The molecule has 0 rings (SSSR count). The van der Waals surface area contributed by atoms with Gasteiger partial charge in [-0.3, -0.25) is 4.18 Å². The minimum atomic E-state index is -3.27. The van der Waals surface area contributed by atoms with E-state index in [1.807, 2.05) is 6.92 Å². The van der Waals surface area contributed by atoms with Gasteiger partial charge in [0, 0.05) is 6.04 Å². The van der Waals surface area contributed by atoms with E-state index in [9.17, 15) is 8.42 Å². The van der Waals surface area contributed by atoms with E-state index in [-0.39, 0.29) is 12.6 Å². The molecule has 0 aromatic heterocycles. The molecule has 0 fully saturated rings. The summed E-state index contributed by atoms with van der Waals surface area (Å²) in [5.74, 6) is 0. The van der Waals surface area contributed by atoms with Crippen LogP contribution in [0.2, 0.25) is 0 Å². The molecule has 4 nitrogen and oxygen atoms in total. The van der Waals surface area contributed by atoms with E-state index < -0.39 is 10.1 Å². The summed E-state index contributed by atoms with van der Waals surface area (Å²) in [4.78, 5) is 0. The van der Waals surface area contributed by atoms with Crippen LogP contribution in [0.4, 0.5) is 0 Å². The minimum Gasteiger partial charge on any atom is -0.315 e. The molecule has 0 aliphatic rings. The van der Waals surface area contributed by atoms with E-state index in [1.54, 1.807) is 7.05 Å². The quantitative estimate of drug-likeness (QED) is 0.577. The smallest absolute Gasteiger partial charge is 0.264 e. The third-order valence-electron chi connectivity index (χ3n) is 1.02. The summed E-state index contributed by atoms with van der Waals surface area (Å²) < 4.78 is 25.3. The van der Waals surface area contributed by atoms with Crippen molar-refractivity contribution in [1.29, 1.82) is 0 Å². The zero-order valence-electron chi connectivity index (χ0n) is 6.42. The molecule has 0 radical (unpaired) electrons. The van der Waals surface area contributed by atoms with Gasteiger partial charge in [-0.25, -0.2) is 0 Å². The average molecular weight is 167 g/mol. The van der Waals surface area contributed by atoms with E-state index in [2.05, 4.69) is 9.50 Å². The second kappa shape index (κ2) is 3.90. The molecule has 5 heteroatoms. The summed E-state index contributed by atoms with van der Waals surface area (Å²) in [6, 6.07) is 0.0646. The Labute approximate surface area is 61.7 Å². The van der Waals surface area contributed by atoms with Crippen LogP contribution >= 0.6 is 0 Å². The number of likely N-dealkylation sites (N-methyl/N-ethyl adjacent to an activating group) is 1. The van der Waals surface area contributed by atoms with Gasteiger partial charge < -0.3 is 5.32 Å². The van der Waals surface area contributed by atoms with Crippen LogP contribution in [0.3, 0.4) is 0 Å². The Hall–Kier alpha value is -0.130. The van der Waals surface area contributed by atoms with E-state index in [4.69, 9.17) is 0 Å². The van der Waals surface area contributed by atoms with Crippen molar-refractivity contribution in [2.24, 2.45) is 0 Å². The molecule has 0 aliphatic carbocycles. The van der Waals surface area contributed by atoms with Crippen molar-refractivity contribution in [3.63, 3.8) is 0 Å². The van der Waals surface area contributed by atoms with E-state index in [0.29, 0.717) is 0 Å². The Balaban J connectivity index is 3.56. The van der Waals surface area contributed by atoms with Crippen molar-refractivity contribution in [2.45, 2.75) is 13.0 Å². The van der Waals surface area contributed by atoms with Crippen LogP contribution < -0.4 is 5.32 Å². The largest absolute Gasteiger partial charge is 0.315 e. The van der Waals surface area contributed by atoms with Crippen molar-refractivity contribution in [2.75, 3.05) is 19.9 Å². The van der Waals surface area contributed by atoms with Gasteiger partial charge in [0.05, 0.1) is 12.9 Å². The van der Waals surface area contributed by atoms with Crippen molar-refractivity contribution in [1.82, 2.24) is 5.32 Å². The standard InChI is InChI=1S/C5H13NO3S/c1-5(6-2)4-9-10(3,7)8/h5-6H,4H2,1-3H3. The number of nitrogens with one attached hydrogen (secondary N) is 1. The lowest BCUT2D eigenvalue weighted by atomic mass is 10.4. The lowest BCUT2D eigenvalue weighted by Crippen LogP contribution is -2.27. The topological polar surface area (TPSA) is 55.4 Å². The van der Waals surface area contributed by atoms with Gasteiger partial charge in [-0.1, -0.05) is 0 Å². The van der Waals surface area contributed by atoms with Crippen LogP contribution in [0.1, 0.15) is 6.92 Å². The Morgan fingerprint density at radius 2 is 2.10 bits per heavy atom. The van der Waals surface area contributed by atoms with Gasteiger partial charge in [0.15, 0.2) is 0 Å². The molecule has 0 aromatic carbocycles. The van der Waals surface area contributed by atoms with Gasteiger partial charge in [0.25, 0.3) is 10.1 Å². The molecule has 0 aliphatic heterocycles. The normalized spacial score (nSPS) is 15.1. The molecule has 0 heterocycles. The molecule has 1 unspecified atom stereocenters. The van der Waals surface area contributed by atoms with Crippen LogP contribution in [-0.2, 0) is 14.3 Å². The molecule has 0 bridgehead atoms. The lowest BCUT2D eigenvalue weighted by Gasteiger charge is -2.07. The predicted octanol–water partition coefficient (Wildman–Crippen LogP) is -0.429. The average Bonchev–Trinajstić information content (AvgIpc) is 1.81. The Bertz CT molecular complexity index is 175. The van der Waals surface area contributed by atoms with Gasteiger partial charge in [-0.2, -0.15) is 8.42 Å². The molecule has 0 saturated heterocycles. The van der Waals surface area contributed by atoms with Crippen molar-refractivity contribution < 1.29 is 12.6 Å². The molecule has 0 aromatic rings. The van der Waals surface area contributed by atoms with E-state index in [1.165, 1.54) is 0 Å². The Kier molecular flexibility index (Phi) is 3.85. The van der Waals surface area contributed by atoms with Crippen molar-refractivity contribution in [3.8, 4) is 0 Å². The van der Waals surface area contributed by atoms with Crippen LogP contribution in [0.25, 0.3) is 0 Å². The maximum absolute atomic E-state index is 10.4. The molecule has 0 saturated carbocycles. The maximum atomic E-state index is 10.4. The third kappa shape index (κ3) is 6.00. The van der Waals surface area contributed by atoms with Crippen LogP contribution in [0, 0.1) is 0 Å². The first-order valence-electron chi connectivity index (χ1n) is 2.97. The molecule has 1 N–H and O–H groups in total. The zero-order chi connectivity index (χ0) is 8.20. The minimum absolute atomic E-state index is 0.0646. The number of rotatable bonds is 4. The number of hydrogen-bond acceptors (Lipinski definition) is 4. The van der Waals surface area contributed by atoms with E-state index in [0.717, 1.165) is 6.26 Å². The first-order chi connectivity index (χ1) is 4.45. The second-order valence-corrected chi connectivity index (χ2v) is 3.82. The highest BCUT2D eigenvalue weighted by molar-refractivity contribution is 7.85. The Morgan fingerprint density at radius 3 is 2.40 bits per heavy atom. The third-order valence-corrected chi connectivity index (χ3v) is 1.59. The maximum Gasteiger partial charge on any atom is 0.264 e. The van der Waals surface area contributed by atoms with Gasteiger partial charge >= 0.3 is 0 Å². The fourth-order valence-corrected chi connectivity index (χ4v) is 0.760. The van der Waals surface area contributed by atoms with Crippen LogP contribution in [0.5, 0.6) is 0 Å². The zero-order valence-corrected chi connectivity index (χ0v) is 7.23. The monoisotopic (exact) mass is 167 g/mol. The molecule has 10 heavy (non-hydrogen) atoms. The fraction of sp³-hybridized carbons (Fsp3) is 1.00. The summed E-state index contributed by atoms with van der Waals surface area (Å²) in [6.07, 6.45) is 1.04. The first-order valence-corrected chi connectivity index (χ1v) is 4.79. The highest BCUT2D eigenvalue weighted by Gasteiger charge is 2.04. The molecular weight excluding hydrogens is 154 g/mol. The molecule has 1 atom stereocenters. The fourth-order valence-electron chi connectivity index (χ4n) is 0.309. The Morgan fingerprint density at radius 1 is 1.60 bits per heavy atom. The van der Waals surface area contributed by atoms with Gasteiger partial charge in [0.1, 0.15) is 0 Å². The molecular formula is C5H13NO3S. The van der Waals surface area contributed by atoms with Crippen LogP contribution in [0.15, 0.2) is 0 Å². The molecule has 0 spiro atoms. The summed E-state index contributed by atoms with van der Waals surface area (Å²) in [7, 11) is -1.52. The molecule has 0 amide bonds. The predicted molar refractivity (Wildman–Crippen MR) is 39.3 cm³/mol. The van der Waals surface area contributed by atoms with Crippen LogP contribution in [-0.4, -0.2) is 34.4 Å². The number of hydrogen-bond donors (Lipinski definition) is 1. The van der Waals surface area contributed by atoms with Crippen molar-refractivity contribution >= 4 is 10.1 Å². The lowest BCUT2D eigenvalue weighted by molar-refractivity contribution is 0.286. The molecule has 62 valence electrons.